The first-order chi connectivity index (χ1) is 31.4. The molecule has 11 aromatic rings. The monoisotopic (exact) mass is 1020 g/mol. The van der Waals surface area contributed by atoms with Crippen molar-refractivity contribution in [3.05, 3.63) is 219 Å². The summed E-state index contributed by atoms with van der Waals surface area (Å²) in [7, 11) is 0. The van der Waals surface area contributed by atoms with Crippen LogP contribution in [0.3, 0.4) is 0 Å². The summed E-state index contributed by atoms with van der Waals surface area (Å²) in [6.07, 6.45) is 2.01. The van der Waals surface area contributed by atoms with Crippen LogP contribution in [0.1, 0.15) is 26.3 Å². The van der Waals surface area contributed by atoms with E-state index in [1.165, 1.54) is 0 Å². The van der Waals surface area contributed by atoms with E-state index in [0.29, 0.717) is 11.5 Å². The van der Waals surface area contributed by atoms with E-state index in [0.717, 1.165) is 94.6 Å². The summed E-state index contributed by atoms with van der Waals surface area (Å²) in [5.41, 5.74) is 12.6. The van der Waals surface area contributed by atoms with Gasteiger partial charge in [-0.2, -0.15) is 6.07 Å². The predicted octanol–water partition coefficient (Wildman–Crippen LogP) is 15.0. The van der Waals surface area contributed by atoms with E-state index in [1.807, 2.05) is 12.3 Å². The molecule has 1 aliphatic rings. The molecule has 6 nitrogen and oxygen atoms in total. The molecule has 0 N–H and O–H groups in total. The van der Waals surface area contributed by atoms with Crippen molar-refractivity contribution < 1.29 is 25.8 Å². The van der Waals surface area contributed by atoms with Crippen LogP contribution in [-0.2, 0) is 26.5 Å². The third kappa shape index (κ3) is 6.97. The largest absolute Gasteiger partial charge is 0.509 e. The number of rotatable bonds is 7. The van der Waals surface area contributed by atoms with Gasteiger partial charge in [0.05, 0.1) is 11.0 Å². The Hall–Kier alpha value is -7.40. The minimum absolute atomic E-state index is 0. The number of benzene rings is 8. The molecule has 4 heterocycles. The summed E-state index contributed by atoms with van der Waals surface area (Å²) in [5, 5.41) is 4.45. The van der Waals surface area contributed by atoms with Crippen molar-refractivity contribution in [2.45, 2.75) is 26.2 Å². The molecule has 318 valence electrons. The van der Waals surface area contributed by atoms with Gasteiger partial charge in [0.2, 0.25) is 0 Å². The summed E-state index contributed by atoms with van der Waals surface area (Å²) < 4.78 is 11.4. The molecular weight excluding hydrogens is 978 g/mol. The van der Waals surface area contributed by atoms with E-state index in [2.05, 4.69) is 240 Å². The van der Waals surface area contributed by atoms with Gasteiger partial charge in [0.25, 0.3) is 0 Å². The van der Waals surface area contributed by atoms with Gasteiger partial charge in [-0.05, 0) is 70.5 Å². The van der Waals surface area contributed by atoms with Gasteiger partial charge in [0.1, 0.15) is 5.82 Å². The summed E-state index contributed by atoms with van der Waals surface area (Å²) in [6, 6.07) is 73.4. The molecule has 0 aliphatic carbocycles. The average molecular weight is 1020 g/mol. The maximum Gasteiger partial charge on any atom is 0.137 e. The van der Waals surface area contributed by atoms with Crippen molar-refractivity contribution >= 4 is 66.4 Å². The van der Waals surface area contributed by atoms with Crippen LogP contribution in [0.15, 0.2) is 194 Å². The van der Waals surface area contributed by atoms with Gasteiger partial charge in [-0.25, -0.2) is 4.98 Å². The van der Waals surface area contributed by atoms with Gasteiger partial charge in [0, 0.05) is 83.9 Å². The molecule has 3 aromatic heterocycles. The molecule has 0 bridgehead atoms. The number of aromatic nitrogens is 3. The molecule has 0 atom stereocenters. The maximum atomic E-state index is 6.89. The van der Waals surface area contributed by atoms with Gasteiger partial charge < -0.3 is 23.7 Å². The smallest absolute Gasteiger partial charge is 0.137 e. The first-order valence-corrected chi connectivity index (χ1v) is 21.7. The fourth-order valence-electron chi connectivity index (χ4n) is 9.22. The third-order valence-corrected chi connectivity index (χ3v) is 12.4. The molecule has 0 saturated carbocycles. The van der Waals surface area contributed by atoms with Gasteiger partial charge in [-0.3, -0.25) is 0 Å². The van der Waals surface area contributed by atoms with E-state index < -0.39 is 0 Å². The Kier molecular flexibility index (Phi) is 9.93. The van der Waals surface area contributed by atoms with E-state index in [9.17, 15) is 0 Å². The second-order valence-electron chi connectivity index (χ2n) is 17.4. The van der Waals surface area contributed by atoms with E-state index in [4.69, 9.17) is 9.72 Å². The predicted molar refractivity (Wildman–Crippen MR) is 263 cm³/mol. The normalized spacial score (nSPS) is 12.6. The van der Waals surface area contributed by atoms with Gasteiger partial charge in [-0.1, -0.05) is 135 Å². The molecule has 0 saturated heterocycles. The van der Waals surface area contributed by atoms with Crippen LogP contribution in [0, 0.1) is 18.8 Å². The van der Waals surface area contributed by atoms with E-state index >= 15 is 0 Å². The standard InChI is InChI=1S/C58H42N5O.Pt/c1-58(2,3)41-32-44(61-38-60(42-19-9-5-10-20-42)53-30-27-40(31-56(53)61)39-17-7-4-8-18-39)34-46(33-41)64-45-28-29-49-47-23-13-16-26-52(47)63(54(49)35-45)57-36-55-50(37-59-57)48-24-14-15-25-51(48)62(55)43-21-11-6-12-22-43;/h4-33,36-38H,1-3H3;/q-3;. The molecule has 7 heteroatoms. The van der Waals surface area contributed by atoms with Crippen LogP contribution < -0.4 is 14.5 Å². The molecule has 0 radical (unpaired) electrons. The van der Waals surface area contributed by atoms with Crippen LogP contribution in [0.25, 0.3) is 66.2 Å². The van der Waals surface area contributed by atoms with Gasteiger partial charge in [-0.15, -0.1) is 53.6 Å². The van der Waals surface area contributed by atoms with Crippen molar-refractivity contribution in [2.75, 3.05) is 9.80 Å². The summed E-state index contributed by atoms with van der Waals surface area (Å²) in [6.45, 7) is 8.87. The van der Waals surface area contributed by atoms with E-state index in [-0.39, 0.29) is 26.5 Å². The van der Waals surface area contributed by atoms with Gasteiger partial charge in [0.15, 0.2) is 0 Å². The quantitative estimate of drug-likeness (QED) is 0.149. The third-order valence-electron chi connectivity index (χ3n) is 12.4. The van der Waals surface area contributed by atoms with Crippen LogP contribution in [0.5, 0.6) is 11.5 Å². The van der Waals surface area contributed by atoms with Crippen LogP contribution >= 0.6 is 0 Å². The zero-order chi connectivity index (χ0) is 42.9. The number of para-hydroxylation sites is 4. The Morgan fingerprint density at radius 1 is 0.492 bits per heavy atom. The minimum atomic E-state index is -0.178. The van der Waals surface area contributed by atoms with Crippen molar-refractivity contribution in [3.63, 3.8) is 0 Å². The fourth-order valence-corrected chi connectivity index (χ4v) is 9.22. The Morgan fingerprint density at radius 2 is 1.14 bits per heavy atom. The number of fused-ring (bicyclic) bond motifs is 7. The SMILES string of the molecule is CC(C)(C)c1cc(Oc2[c-]c3c(cc2)c2ccccc2n3-c2cc3c(cn2)c2ccccc2n3-c2ccccc2)[c-]c(N2[CH-]N(c3ccccc3)c3ccc(-c4ccccc4)cc32)c1.[Pt]. The molecule has 12 rings (SSSR count). The Labute approximate surface area is 392 Å². The molecule has 0 fully saturated rings. The number of ether oxygens (including phenoxy) is 1. The van der Waals surface area contributed by atoms with Crippen molar-refractivity contribution in [3.8, 4) is 34.1 Å². The first-order valence-electron chi connectivity index (χ1n) is 21.7. The summed E-state index contributed by atoms with van der Waals surface area (Å²) in [4.78, 5) is 9.63. The Bertz CT molecular complexity index is 3560. The Morgan fingerprint density at radius 3 is 1.86 bits per heavy atom. The second-order valence-corrected chi connectivity index (χ2v) is 17.4. The number of nitrogens with zero attached hydrogens (tertiary/aromatic N) is 5. The van der Waals surface area contributed by atoms with E-state index in [1.54, 1.807) is 0 Å². The minimum Gasteiger partial charge on any atom is -0.509 e. The van der Waals surface area contributed by atoms with Crippen molar-refractivity contribution in [1.82, 2.24) is 14.1 Å². The Balaban J connectivity index is 0.00000469. The molecule has 0 amide bonds. The number of hydrogen-bond acceptors (Lipinski definition) is 4. The topological polar surface area (TPSA) is 38.5 Å². The molecule has 65 heavy (non-hydrogen) atoms. The van der Waals surface area contributed by atoms with Crippen LogP contribution in [0.4, 0.5) is 22.7 Å². The summed E-state index contributed by atoms with van der Waals surface area (Å²) in [5.74, 6) is 2.00. The van der Waals surface area contributed by atoms with Crippen molar-refractivity contribution in [2.24, 2.45) is 0 Å². The zero-order valence-electron chi connectivity index (χ0n) is 36.0. The number of anilines is 4. The molecule has 1 aliphatic heterocycles. The zero-order valence-corrected chi connectivity index (χ0v) is 38.3. The summed E-state index contributed by atoms with van der Waals surface area (Å²) >= 11 is 0. The maximum absolute atomic E-state index is 6.89. The molecule has 0 spiro atoms. The van der Waals surface area contributed by atoms with Crippen LogP contribution in [-0.4, -0.2) is 14.1 Å². The average Bonchev–Trinajstić information content (AvgIpc) is 3.99. The number of pyridine rings is 1. The second kappa shape index (κ2) is 16.0. The van der Waals surface area contributed by atoms with Crippen molar-refractivity contribution in [1.29, 1.82) is 0 Å². The molecule has 0 unspecified atom stereocenters. The molecule has 8 aromatic carbocycles. The molecular formula is C58H42N5OPt-3. The van der Waals surface area contributed by atoms with Crippen LogP contribution in [0.2, 0.25) is 0 Å². The van der Waals surface area contributed by atoms with Gasteiger partial charge >= 0.3 is 0 Å². The number of hydrogen-bond donors (Lipinski definition) is 0. The first kappa shape index (κ1) is 40.4. The fraction of sp³-hybridized carbons (Fsp3) is 0.0690.